The number of benzene rings is 7. The van der Waals surface area contributed by atoms with Gasteiger partial charge >= 0.3 is 0 Å². The number of rotatable bonds is 4. The Bertz CT molecular complexity index is 2490. The van der Waals surface area contributed by atoms with Crippen molar-refractivity contribution in [2.45, 2.75) is 0 Å². The lowest BCUT2D eigenvalue weighted by Crippen LogP contribution is -2.59. The van der Waals surface area contributed by atoms with Gasteiger partial charge in [-0.05, 0) is 63.9 Å². The number of para-hydroxylation sites is 4. The summed E-state index contributed by atoms with van der Waals surface area (Å²) in [6.07, 6.45) is 0. The standard InChI is InChI=1S/C44H29BN2O/c1-4-16-30(17-5-1)42-34-22-10-13-25-37(34)47(44(42)31-18-6-2-7-19-31)33-28-39-43-41(29-33)48-40-27-15-12-24-36(40)45(43)35-23-11-14-26-38(35)46(39)32-20-8-3-9-21-32/h1-29H. The molecule has 0 aliphatic carbocycles. The molecule has 0 radical (unpaired) electrons. The maximum atomic E-state index is 6.89. The van der Waals surface area contributed by atoms with Gasteiger partial charge < -0.3 is 14.2 Å². The van der Waals surface area contributed by atoms with Crippen LogP contribution < -0.4 is 26.0 Å². The largest absolute Gasteiger partial charge is 0.458 e. The van der Waals surface area contributed by atoms with Crippen molar-refractivity contribution >= 4 is 51.1 Å². The Labute approximate surface area is 280 Å². The third-order valence-corrected chi connectivity index (χ3v) is 9.83. The molecule has 10 rings (SSSR count). The molecular formula is C44H29BN2O. The van der Waals surface area contributed by atoms with Crippen LogP contribution in [0.1, 0.15) is 0 Å². The molecule has 2 aliphatic heterocycles. The zero-order valence-corrected chi connectivity index (χ0v) is 26.1. The molecule has 0 fully saturated rings. The summed E-state index contributed by atoms with van der Waals surface area (Å²) in [6.45, 7) is 0.0556. The minimum atomic E-state index is 0.0556. The summed E-state index contributed by atoms with van der Waals surface area (Å²) in [6, 6.07) is 63.0. The third kappa shape index (κ3) is 3.96. The summed E-state index contributed by atoms with van der Waals surface area (Å²) in [5.41, 5.74) is 14.0. The van der Waals surface area contributed by atoms with Crippen molar-refractivity contribution in [2.75, 3.05) is 4.90 Å². The normalized spacial score (nSPS) is 12.7. The number of fused-ring (bicyclic) bond motifs is 5. The molecule has 0 spiro atoms. The molecule has 0 amide bonds. The van der Waals surface area contributed by atoms with Crippen LogP contribution in [0, 0.1) is 0 Å². The smallest absolute Gasteiger partial charge is 0.256 e. The zero-order chi connectivity index (χ0) is 31.6. The Morgan fingerprint density at radius 2 is 1.08 bits per heavy atom. The molecule has 0 bridgehead atoms. The van der Waals surface area contributed by atoms with Crippen molar-refractivity contribution in [3.8, 4) is 39.6 Å². The van der Waals surface area contributed by atoms with Crippen LogP contribution in [0.15, 0.2) is 176 Å². The fourth-order valence-corrected chi connectivity index (χ4v) is 7.89. The highest BCUT2D eigenvalue weighted by atomic mass is 16.5. The number of anilines is 3. The second kappa shape index (κ2) is 10.6. The molecule has 8 aromatic rings. The Morgan fingerprint density at radius 3 is 1.88 bits per heavy atom. The highest BCUT2D eigenvalue weighted by Crippen LogP contribution is 2.46. The van der Waals surface area contributed by atoms with Crippen LogP contribution in [0.2, 0.25) is 0 Å². The van der Waals surface area contributed by atoms with E-state index in [4.69, 9.17) is 4.74 Å². The minimum Gasteiger partial charge on any atom is -0.458 e. The van der Waals surface area contributed by atoms with Crippen LogP contribution in [0.5, 0.6) is 11.5 Å². The molecule has 1 aromatic heterocycles. The zero-order valence-electron chi connectivity index (χ0n) is 26.1. The molecule has 0 N–H and O–H groups in total. The average molecular weight is 613 g/mol. The van der Waals surface area contributed by atoms with Crippen molar-refractivity contribution in [3.63, 3.8) is 0 Å². The van der Waals surface area contributed by atoms with Crippen LogP contribution in [-0.2, 0) is 0 Å². The number of hydrogen-bond acceptors (Lipinski definition) is 2. The molecular weight excluding hydrogens is 583 g/mol. The number of aromatic nitrogens is 1. The summed E-state index contributed by atoms with van der Waals surface area (Å²) in [7, 11) is 0. The predicted molar refractivity (Wildman–Crippen MR) is 200 cm³/mol. The Hall–Kier alpha value is -6.26. The minimum absolute atomic E-state index is 0.0556. The molecule has 3 heterocycles. The monoisotopic (exact) mass is 612 g/mol. The Morgan fingerprint density at radius 1 is 0.458 bits per heavy atom. The van der Waals surface area contributed by atoms with Gasteiger partial charge in [0.15, 0.2) is 0 Å². The van der Waals surface area contributed by atoms with Crippen LogP contribution >= 0.6 is 0 Å². The first-order valence-corrected chi connectivity index (χ1v) is 16.5. The second-order valence-electron chi connectivity index (χ2n) is 12.5. The van der Waals surface area contributed by atoms with Crippen LogP contribution in [0.4, 0.5) is 17.1 Å². The molecule has 0 saturated carbocycles. The molecule has 3 nitrogen and oxygen atoms in total. The molecule has 224 valence electrons. The second-order valence-corrected chi connectivity index (χ2v) is 12.5. The van der Waals surface area contributed by atoms with Crippen molar-refractivity contribution < 1.29 is 4.74 Å². The third-order valence-electron chi connectivity index (χ3n) is 9.83. The van der Waals surface area contributed by atoms with E-state index in [-0.39, 0.29) is 6.71 Å². The molecule has 7 aromatic carbocycles. The van der Waals surface area contributed by atoms with E-state index < -0.39 is 0 Å². The van der Waals surface area contributed by atoms with E-state index in [9.17, 15) is 0 Å². The topological polar surface area (TPSA) is 17.4 Å². The number of ether oxygens (including phenoxy) is 1. The van der Waals surface area contributed by atoms with Gasteiger partial charge in [-0.25, -0.2) is 0 Å². The van der Waals surface area contributed by atoms with Gasteiger partial charge in [-0.2, -0.15) is 0 Å². The average Bonchev–Trinajstić information content (AvgIpc) is 3.51. The first-order valence-electron chi connectivity index (χ1n) is 16.5. The molecule has 0 atom stereocenters. The van der Waals surface area contributed by atoms with Crippen molar-refractivity contribution in [3.05, 3.63) is 176 Å². The maximum absolute atomic E-state index is 6.89. The van der Waals surface area contributed by atoms with Gasteiger partial charge in [0.1, 0.15) is 11.5 Å². The summed E-state index contributed by atoms with van der Waals surface area (Å²) >= 11 is 0. The quantitative estimate of drug-likeness (QED) is 0.184. The molecule has 0 saturated heterocycles. The van der Waals surface area contributed by atoms with Gasteiger partial charge in [0.2, 0.25) is 0 Å². The van der Waals surface area contributed by atoms with E-state index in [1.807, 2.05) is 0 Å². The molecule has 4 heteroatoms. The molecule has 48 heavy (non-hydrogen) atoms. The SMILES string of the molecule is c1ccc(-c2c(-c3ccccc3)n(-c3cc4c5c(c3)N(c3ccccc3)c3ccccc3B5c3ccccc3O4)c3ccccc23)cc1. The molecule has 0 unspecified atom stereocenters. The summed E-state index contributed by atoms with van der Waals surface area (Å²) in [4.78, 5) is 2.41. The van der Waals surface area contributed by atoms with Gasteiger partial charge in [-0.3, -0.25) is 0 Å². The summed E-state index contributed by atoms with van der Waals surface area (Å²) < 4.78 is 9.33. The predicted octanol–water partition coefficient (Wildman–Crippen LogP) is 9.37. The molecule has 2 aliphatic rings. The fourth-order valence-electron chi connectivity index (χ4n) is 7.89. The lowest BCUT2D eigenvalue weighted by molar-refractivity contribution is 0.487. The van der Waals surface area contributed by atoms with Gasteiger partial charge in [-0.1, -0.05) is 133 Å². The van der Waals surface area contributed by atoms with Crippen LogP contribution in [0.3, 0.4) is 0 Å². The Kier molecular flexibility index (Phi) is 5.97. The van der Waals surface area contributed by atoms with Crippen molar-refractivity contribution in [1.29, 1.82) is 0 Å². The fraction of sp³-hybridized carbons (Fsp3) is 0. The number of nitrogens with zero attached hydrogens (tertiary/aromatic N) is 2. The van der Waals surface area contributed by atoms with Crippen LogP contribution in [-0.4, -0.2) is 11.3 Å². The summed E-state index contributed by atoms with van der Waals surface area (Å²) in [5, 5.41) is 1.21. The van der Waals surface area contributed by atoms with E-state index in [0.717, 1.165) is 45.3 Å². The lowest BCUT2D eigenvalue weighted by atomic mass is 9.34. The first-order chi connectivity index (χ1) is 23.8. The maximum Gasteiger partial charge on any atom is 0.256 e. The van der Waals surface area contributed by atoms with Gasteiger partial charge in [0, 0.05) is 34.1 Å². The van der Waals surface area contributed by atoms with E-state index in [0.29, 0.717) is 0 Å². The lowest BCUT2D eigenvalue weighted by Gasteiger charge is -2.40. The van der Waals surface area contributed by atoms with Crippen molar-refractivity contribution in [2.24, 2.45) is 0 Å². The highest BCUT2D eigenvalue weighted by Gasteiger charge is 2.42. The van der Waals surface area contributed by atoms with E-state index >= 15 is 0 Å². The van der Waals surface area contributed by atoms with Crippen molar-refractivity contribution in [1.82, 2.24) is 4.57 Å². The summed E-state index contributed by atoms with van der Waals surface area (Å²) in [5.74, 6) is 1.80. The number of hydrogen-bond donors (Lipinski definition) is 0. The van der Waals surface area contributed by atoms with Gasteiger partial charge in [-0.15, -0.1) is 0 Å². The Balaban J connectivity index is 1.33. The van der Waals surface area contributed by atoms with Gasteiger partial charge in [0.25, 0.3) is 6.71 Å². The van der Waals surface area contributed by atoms with E-state index in [1.54, 1.807) is 0 Å². The van der Waals surface area contributed by atoms with Gasteiger partial charge in [0.05, 0.1) is 16.9 Å². The van der Waals surface area contributed by atoms with E-state index in [2.05, 4.69) is 185 Å². The highest BCUT2D eigenvalue weighted by molar-refractivity contribution is 6.99. The van der Waals surface area contributed by atoms with Crippen LogP contribution in [0.25, 0.3) is 39.0 Å². The van der Waals surface area contributed by atoms with E-state index in [1.165, 1.54) is 38.6 Å². The first kappa shape index (κ1) is 26.9.